The van der Waals surface area contributed by atoms with Gasteiger partial charge in [-0.3, -0.25) is 0 Å². The minimum atomic E-state index is -3.50. The van der Waals surface area contributed by atoms with Gasteiger partial charge in [0.2, 0.25) is 0 Å². The highest BCUT2D eigenvalue weighted by Gasteiger charge is 2.21. The highest BCUT2D eigenvalue weighted by molar-refractivity contribution is 6.03. The van der Waals surface area contributed by atoms with E-state index < -0.39 is 35.0 Å². The Morgan fingerprint density at radius 1 is 1.00 bits per heavy atom. The van der Waals surface area contributed by atoms with Gasteiger partial charge in [-0.15, -0.1) is 0 Å². The molecule has 0 spiro atoms. The molecule has 0 aliphatic carbocycles. The molecule has 0 amide bonds. The molecule has 1 rings (SSSR count). The van der Waals surface area contributed by atoms with Gasteiger partial charge >= 0.3 is 18.1 Å². The smallest absolute Gasteiger partial charge is 0.402 e. The molecule has 0 saturated carbocycles. The van der Waals surface area contributed by atoms with Crippen molar-refractivity contribution in [3.63, 3.8) is 0 Å². The summed E-state index contributed by atoms with van der Waals surface area (Å²) in [5.74, 6) is -3.29. The van der Waals surface area contributed by atoms with Crippen LogP contribution in [0.4, 0.5) is 0 Å². The lowest BCUT2D eigenvalue weighted by Crippen LogP contribution is -2.25. The molecule has 0 bridgehead atoms. The molecule has 106 valence electrons. The second kappa shape index (κ2) is 6.63. The monoisotopic (exact) mass is 278 g/mol. The minimum absolute atomic E-state index is 0.405. The number of hydrogen-bond donors (Lipinski definition) is 7. The first-order valence-corrected chi connectivity index (χ1v) is 4.38. The van der Waals surface area contributed by atoms with Gasteiger partial charge in [-0.2, -0.15) is 0 Å². The maximum absolute atomic E-state index is 10.7. The van der Waals surface area contributed by atoms with Crippen LogP contribution in [-0.4, -0.2) is 54.0 Å². The standard InChI is InChI=1S/C8H6O6.CH4O4/c9-7(10)4-2-1-3-5(14-13)6(4)8(11)12;2-1(3,4)5/h1-3,13H,(H,9,10)(H,11,12);2-5H. The summed E-state index contributed by atoms with van der Waals surface area (Å²) >= 11 is 0. The van der Waals surface area contributed by atoms with E-state index in [0.29, 0.717) is 0 Å². The Balaban J connectivity index is 0.000000555. The van der Waals surface area contributed by atoms with Gasteiger partial charge in [0.1, 0.15) is 5.56 Å². The summed E-state index contributed by atoms with van der Waals surface area (Å²) in [4.78, 5) is 25.0. The average molecular weight is 278 g/mol. The lowest BCUT2D eigenvalue weighted by Gasteiger charge is -2.04. The lowest BCUT2D eigenvalue weighted by atomic mass is 10.1. The number of rotatable bonds is 3. The van der Waals surface area contributed by atoms with Crippen LogP contribution in [0.5, 0.6) is 5.75 Å². The number of carboxylic acids is 2. The molecule has 0 saturated heterocycles. The SMILES string of the molecule is O=C(O)c1cccc(OO)c1C(=O)O.OC(O)(O)O. The van der Waals surface area contributed by atoms with Crippen molar-refractivity contribution in [1.82, 2.24) is 0 Å². The quantitative estimate of drug-likeness (QED) is 0.195. The molecule has 19 heavy (non-hydrogen) atoms. The van der Waals surface area contributed by atoms with Crippen molar-refractivity contribution in [2.75, 3.05) is 0 Å². The van der Waals surface area contributed by atoms with Gasteiger partial charge in [0.15, 0.2) is 5.75 Å². The predicted molar refractivity (Wildman–Crippen MR) is 55.2 cm³/mol. The summed E-state index contributed by atoms with van der Waals surface area (Å²) in [7, 11) is 0. The maximum Gasteiger partial charge on any atom is 0.402 e. The Hall–Kier alpha value is -2.24. The van der Waals surface area contributed by atoms with E-state index in [2.05, 4.69) is 4.89 Å². The molecule has 0 unspecified atom stereocenters. The van der Waals surface area contributed by atoms with Gasteiger partial charge in [0.05, 0.1) is 5.56 Å². The van der Waals surface area contributed by atoms with Crippen LogP contribution in [0, 0.1) is 0 Å². The van der Waals surface area contributed by atoms with E-state index in [4.69, 9.17) is 35.9 Å². The number of aromatic carboxylic acids is 2. The zero-order valence-corrected chi connectivity index (χ0v) is 9.09. The van der Waals surface area contributed by atoms with Crippen LogP contribution in [0.25, 0.3) is 0 Å². The Morgan fingerprint density at radius 2 is 1.47 bits per heavy atom. The van der Waals surface area contributed by atoms with Crippen LogP contribution in [0.1, 0.15) is 20.7 Å². The van der Waals surface area contributed by atoms with Crippen LogP contribution < -0.4 is 4.89 Å². The van der Waals surface area contributed by atoms with Crippen LogP contribution >= 0.6 is 0 Å². The molecule has 0 fully saturated rings. The highest BCUT2D eigenvalue weighted by Crippen LogP contribution is 2.21. The summed E-state index contributed by atoms with van der Waals surface area (Å²) < 4.78 is 0. The molecule has 0 atom stereocenters. The van der Waals surface area contributed by atoms with E-state index in [0.717, 1.165) is 12.1 Å². The minimum Gasteiger partial charge on any atom is -0.478 e. The van der Waals surface area contributed by atoms with Crippen molar-refractivity contribution in [3.8, 4) is 5.75 Å². The van der Waals surface area contributed by atoms with Gasteiger partial charge in [-0.1, -0.05) is 6.07 Å². The first-order chi connectivity index (χ1) is 8.57. The van der Waals surface area contributed by atoms with Crippen LogP contribution in [0.3, 0.4) is 0 Å². The molecular weight excluding hydrogens is 268 g/mol. The zero-order chi connectivity index (χ0) is 15.2. The van der Waals surface area contributed by atoms with Crippen molar-refractivity contribution in [1.29, 1.82) is 0 Å². The Labute approximate surface area is 104 Å². The van der Waals surface area contributed by atoms with Gasteiger partial charge < -0.3 is 35.5 Å². The average Bonchev–Trinajstić information content (AvgIpc) is 2.25. The van der Waals surface area contributed by atoms with Crippen molar-refractivity contribution < 1.29 is 50.4 Å². The Bertz CT molecular complexity index is 455. The van der Waals surface area contributed by atoms with Crippen molar-refractivity contribution in [2.45, 2.75) is 6.16 Å². The van der Waals surface area contributed by atoms with E-state index >= 15 is 0 Å². The molecule has 10 heteroatoms. The van der Waals surface area contributed by atoms with E-state index in [-0.39, 0.29) is 0 Å². The molecule has 0 aromatic heterocycles. The lowest BCUT2D eigenvalue weighted by molar-refractivity contribution is -0.436. The fourth-order valence-electron chi connectivity index (χ4n) is 1.01. The number of carboxylic acid groups (broad SMARTS) is 2. The van der Waals surface area contributed by atoms with Gasteiger partial charge in [0.25, 0.3) is 0 Å². The zero-order valence-electron chi connectivity index (χ0n) is 9.09. The van der Waals surface area contributed by atoms with Crippen LogP contribution in [-0.2, 0) is 0 Å². The van der Waals surface area contributed by atoms with Crippen LogP contribution in [0.2, 0.25) is 0 Å². The summed E-state index contributed by atoms with van der Waals surface area (Å²) in [6, 6.07) is 3.52. The van der Waals surface area contributed by atoms with E-state index in [1.54, 1.807) is 0 Å². The molecule has 1 aromatic rings. The molecule has 7 N–H and O–H groups in total. The second-order valence-electron chi connectivity index (χ2n) is 2.98. The number of aliphatic hydroxyl groups is 4. The Kier molecular flexibility index (Phi) is 5.85. The van der Waals surface area contributed by atoms with Crippen molar-refractivity contribution in [3.05, 3.63) is 29.3 Å². The Morgan fingerprint density at radius 3 is 1.79 bits per heavy atom. The third-order valence-corrected chi connectivity index (χ3v) is 1.57. The molecule has 10 nitrogen and oxygen atoms in total. The first-order valence-electron chi connectivity index (χ1n) is 4.38. The molecule has 0 radical (unpaired) electrons. The highest BCUT2D eigenvalue weighted by atomic mass is 17.1. The molecular formula is C9H10O10. The second-order valence-corrected chi connectivity index (χ2v) is 2.98. The number of carbonyl (C=O) groups is 2. The van der Waals surface area contributed by atoms with Gasteiger partial charge in [0, 0.05) is 0 Å². The van der Waals surface area contributed by atoms with Crippen LogP contribution in [0.15, 0.2) is 18.2 Å². The van der Waals surface area contributed by atoms with E-state index in [1.165, 1.54) is 6.07 Å². The van der Waals surface area contributed by atoms with Gasteiger partial charge in [-0.25, -0.2) is 14.8 Å². The summed E-state index contributed by atoms with van der Waals surface area (Å²) in [5, 5.41) is 54.4. The first kappa shape index (κ1) is 16.8. The molecule has 0 heterocycles. The molecule has 1 aromatic carbocycles. The number of hydrogen-bond acceptors (Lipinski definition) is 8. The summed E-state index contributed by atoms with van der Waals surface area (Å²) in [6.45, 7) is 0. The largest absolute Gasteiger partial charge is 0.478 e. The van der Waals surface area contributed by atoms with E-state index in [1.807, 2.05) is 0 Å². The topological polar surface area (TPSA) is 185 Å². The fraction of sp³-hybridized carbons (Fsp3) is 0.111. The predicted octanol–water partition coefficient (Wildman–Crippen LogP) is -1.50. The fourth-order valence-corrected chi connectivity index (χ4v) is 1.01. The molecule has 0 aliphatic rings. The molecule has 0 aliphatic heterocycles. The van der Waals surface area contributed by atoms with Gasteiger partial charge in [-0.05, 0) is 12.1 Å². The third-order valence-electron chi connectivity index (χ3n) is 1.57. The third kappa shape index (κ3) is 6.30. The number of benzene rings is 1. The summed E-state index contributed by atoms with van der Waals surface area (Å²) in [6.07, 6.45) is -3.50. The maximum atomic E-state index is 10.7. The summed E-state index contributed by atoms with van der Waals surface area (Å²) in [5.41, 5.74) is -1.02. The van der Waals surface area contributed by atoms with Crippen molar-refractivity contribution in [2.24, 2.45) is 0 Å². The van der Waals surface area contributed by atoms with Crippen molar-refractivity contribution >= 4 is 11.9 Å². The normalized spacial score (nSPS) is 10.2. The van der Waals surface area contributed by atoms with E-state index in [9.17, 15) is 9.59 Å².